The van der Waals surface area contributed by atoms with Crippen molar-refractivity contribution in [3.63, 3.8) is 0 Å². The maximum Gasteiger partial charge on any atom is 0.422 e. The van der Waals surface area contributed by atoms with Gasteiger partial charge in [-0.25, -0.2) is 9.38 Å². The number of fused-ring (bicyclic) bond motifs is 1. The van der Waals surface area contributed by atoms with Gasteiger partial charge in [0.25, 0.3) is 11.8 Å². The van der Waals surface area contributed by atoms with Crippen molar-refractivity contribution < 1.29 is 40.5 Å². The Bertz CT molecular complexity index is 1720. The summed E-state index contributed by atoms with van der Waals surface area (Å²) in [4.78, 5) is 30.5. The number of benzene rings is 3. The van der Waals surface area contributed by atoms with Crippen LogP contribution in [0.15, 0.2) is 70.1 Å². The lowest BCUT2D eigenvalue weighted by molar-refractivity contribution is -0.153. The van der Waals surface area contributed by atoms with Gasteiger partial charge in [-0.3, -0.25) is 9.59 Å². The number of hydrogen-bond donors (Lipinski definition) is 2. The van der Waals surface area contributed by atoms with Gasteiger partial charge in [-0.15, -0.1) is 0 Å². The monoisotopic (exact) mass is 615 g/mol. The van der Waals surface area contributed by atoms with Crippen LogP contribution in [0, 0.1) is 5.82 Å². The number of amides is 2. The van der Waals surface area contributed by atoms with E-state index in [1.165, 1.54) is 55.9 Å². The number of alkyl halides is 3. The van der Waals surface area contributed by atoms with Gasteiger partial charge in [-0.05, 0) is 61.9 Å². The second-order valence-corrected chi connectivity index (χ2v) is 11.0. The summed E-state index contributed by atoms with van der Waals surface area (Å²) in [6.07, 6.45) is -3.34. The van der Waals surface area contributed by atoms with Crippen molar-refractivity contribution >= 4 is 41.2 Å². The van der Waals surface area contributed by atoms with Crippen molar-refractivity contribution in [2.45, 2.75) is 30.9 Å². The van der Waals surface area contributed by atoms with Crippen molar-refractivity contribution in [3.05, 3.63) is 77.6 Å². The lowest BCUT2D eigenvalue weighted by atomic mass is 9.97. The molecule has 0 aliphatic carbocycles. The van der Waals surface area contributed by atoms with Crippen LogP contribution in [0.5, 0.6) is 5.75 Å². The normalized spacial score (nSPS) is 14.9. The number of nitrogens with one attached hydrogen (secondary N) is 2. The summed E-state index contributed by atoms with van der Waals surface area (Å²) in [5, 5.41) is 5.35. The summed E-state index contributed by atoms with van der Waals surface area (Å²) >= 11 is 1.10. The standard InChI is InChI=1S/C30H25F4N3O5S/c1-29(2,28-36-15-41-43-28)37-26(38)18-6-4-5-17(11-18)20-12-21-23(13-22(20)40-14-30(32,33)34)42-25(24(21)27(39)35-3)16-7-9-19(31)10-8-16/h4-13,15,28H,14H2,1-3H3,(H,35,39)(H,37,38). The molecule has 3 aromatic carbocycles. The van der Waals surface area contributed by atoms with E-state index in [2.05, 4.69) is 15.6 Å². The molecule has 4 aromatic rings. The fourth-order valence-electron chi connectivity index (χ4n) is 4.53. The largest absolute Gasteiger partial charge is 0.483 e. The quantitative estimate of drug-likeness (QED) is 0.168. The highest BCUT2D eigenvalue weighted by Gasteiger charge is 2.35. The zero-order valence-corrected chi connectivity index (χ0v) is 23.9. The molecule has 224 valence electrons. The second-order valence-electron chi connectivity index (χ2n) is 10.2. The van der Waals surface area contributed by atoms with Crippen LogP contribution in [0.1, 0.15) is 34.6 Å². The molecule has 1 aliphatic rings. The van der Waals surface area contributed by atoms with E-state index < -0.39 is 36.0 Å². The molecule has 8 nitrogen and oxygen atoms in total. The maximum absolute atomic E-state index is 13.6. The van der Waals surface area contributed by atoms with Gasteiger partial charge in [0.2, 0.25) is 0 Å². The summed E-state index contributed by atoms with van der Waals surface area (Å²) in [5.74, 6) is -1.55. The van der Waals surface area contributed by atoms with E-state index in [0.717, 1.165) is 12.0 Å². The third-order valence-corrected chi connectivity index (χ3v) is 7.71. The summed E-state index contributed by atoms with van der Waals surface area (Å²) in [5.41, 5.74) is 0.533. The number of halogens is 4. The zero-order valence-electron chi connectivity index (χ0n) is 23.0. The van der Waals surface area contributed by atoms with E-state index in [0.29, 0.717) is 11.1 Å². The number of ether oxygens (including phenoxy) is 1. The van der Waals surface area contributed by atoms with E-state index in [-0.39, 0.29) is 44.5 Å². The Morgan fingerprint density at radius 2 is 1.77 bits per heavy atom. The molecule has 43 heavy (non-hydrogen) atoms. The fourth-order valence-corrected chi connectivity index (χ4v) is 5.13. The Balaban J connectivity index is 1.62. The van der Waals surface area contributed by atoms with E-state index in [9.17, 15) is 27.2 Å². The van der Waals surface area contributed by atoms with E-state index in [1.807, 2.05) is 0 Å². The Morgan fingerprint density at radius 3 is 2.42 bits per heavy atom. The smallest absolute Gasteiger partial charge is 0.422 e. The van der Waals surface area contributed by atoms with Crippen molar-refractivity contribution in [3.8, 4) is 28.2 Å². The molecule has 1 aromatic heterocycles. The summed E-state index contributed by atoms with van der Waals surface area (Å²) < 4.78 is 69.5. The summed E-state index contributed by atoms with van der Waals surface area (Å²) in [6.45, 7) is 1.98. The SMILES string of the molecule is CNC(=O)c1c(-c2ccc(F)cc2)oc2cc(OCC(F)(F)F)c(-c3cccc(C(=O)NC(C)(C)C4N=COS4)c3)cc12. The molecule has 2 amide bonds. The maximum atomic E-state index is 13.6. The van der Waals surface area contributed by atoms with E-state index >= 15 is 0 Å². The van der Waals surface area contributed by atoms with Crippen LogP contribution in [0.4, 0.5) is 17.6 Å². The summed E-state index contributed by atoms with van der Waals surface area (Å²) in [6, 6.07) is 14.2. The highest BCUT2D eigenvalue weighted by molar-refractivity contribution is 7.96. The molecule has 1 atom stereocenters. The molecule has 1 unspecified atom stereocenters. The average Bonchev–Trinajstić information content (AvgIpc) is 3.64. The number of carbonyl (C=O) groups excluding carboxylic acids is 2. The molecule has 0 radical (unpaired) electrons. The van der Waals surface area contributed by atoms with Crippen LogP contribution >= 0.6 is 12.0 Å². The summed E-state index contributed by atoms with van der Waals surface area (Å²) in [7, 11) is 1.42. The van der Waals surface area contributed by atoms with Crippen LogP contribution in [-0.2, 0) is 4.18 Å². The minimum Gasteiger partial charge on any atom is -0.483 e. The van der Waals surface area contributed by atoms with Gasteiger partial charge in [0, 0.05) is 35.2 Å². The van der Waals surface area contributed by atoms with Crippen LogP contribution in [0.3, 0.4) is 0 Å². The van der Waals surface area contributed by atoms with Crippen molar-refractivity contribution in [1.29, 1.82) is 0 Å². The molecule has 0 spiro atoms. The first kappa shape index (κ1) is 30.0. The van der Waals surface area contributed by atoms with Crippen LogP contribution in [-0.4, -0.2) is 49.0 Å². The first-order valence-corrected chi connectivity index (χ1v) is 13.7. The van der Waals surface area contributed by atoms with E-state index in [1.54, 1.807) is 32.0 Å². The minimum atomic E-state index is -4.64. The first-order valence-electron chi connectivity index (χ1n) is 12.9. The molecule has 13 heteroatoms. The van der Waals surface area contributed by atoms with Gasteiger partial charge in [0.1, 0.15) is 22.9 Å². The van der Waals surface area contributed by atoms with Crippen molar-refractivity contribution in [2.75, 3.05) is 13.7 Å². The zero-order chi connectivity index (χ0) is 30.9. The topological polar surface area (TPSA) is 102 Å². The van der Waals surface area contributed by atoms with Crippen molar-refractivity contribution in [2.24, 2.45) is 4.99 Å². The van der Waals surface area contributed by atoms with Gasteiger partial charge in [-0.1, -0.05) is 12.1 Å². The predicted molar refractivity (Wildman–Crippen MR) is 154 cm³/mol. The Kier molecular flexibility index (Phi) is 8.10. The van der Waals surface area contributed by atoms with Crippen LogP contribution < -0.4 is 15.4 Å². The molecule has 2 heterocycles. The number of rotatable bonds is 8. The highest BCUT2D eigenvalue weighted by Crippen LogP contribution is 2.41. The molecule has 0 bridgehead atoms. The molecule has 2 N–H and O–H groups in total. The van der Waals surface area contributed by atoms with Gasteiger partial charge >= 0.3 is 6.18 Å². The van der Waals surface area contributed by atoms with Crippen LogP contribution in [0.25, 0.3) is 33.4 Å². The lowest BCUT2D eigenvalue weighted by Gasteiger charge is -2.28. The molecule has 0 saturated carbocycles. The molecular weight excluding hydrogens is 590 g/mol. The van der Waals surface area contributed by atoms with Gasteiger partial charge in [0.15, 0.2) is 18.4 Å². The van der Waals surface area contributed by atoms with Crippen molar-refractivity contribution in [1.82, 2.24) is 10.6 Å². The highest BCUT2D eigenvalue weighted by atomic mass is 32.2. The third kappa shape index (κ3) is 6.46. The van der Waals surface area contributed by atoms with Gasteiger partial charge < -0.3 is 24.0 Å². The number of carbonyl (C=O) groups is 2. The molecule has 5 rings (SSSR count). The van der Waals surface area contributed by atoms with E-state index in [4.69, 9.17) is 13.3 Å². The second kappa shape index (κ2) is 11.6. The molecule has 1 aliphatic heterocycles. The predicted octanol–water partition coefficient (Wildman–Crippen LogP) is 6.75. The third-order valence-electron chi connectivity index (χ3n) is 6.62. The van der Waals surface area contributed by atoms with Gasteiger partial charge in [-0.2, -0.15) is 13.2 Å². The number of furan rings is 1. The Labute approximate surface area is 247 Å². The Morgan fingerprint density at radius 1 is 1.02 bits per heavy atom. The van der Waals surface area contributed by atoms with Crippen LogP contribution in [0.2, 0.25) is 0 Å². The number of aliphatic imine (C=N–C) groups is 1. The lowest BCUT2D eigenvalue weighted by Crippen LogP contribution is -2.49. The fraction of sp³-hybridized carbons (Fsp3) is 0.233. The first-order chi connectivity index (χ1) is 20.4. The minimum absolute atomic E-state index is 0.0753. The molecular formula is C30H25F4N3O5S. The Hall–Kier alpha value is -4.52. The average molecular weight is 616 g/mol. The van der Waals surface area contributed by atoms with Gasteiger partial charge in [0.05, 0.1) is 23.1 Å². The molecule has 0 fully saturated rings. The number of nitrogens with zero attached hydrogens (tertiary/aromatic N) is 1. The number of hydrogen-bond acceptors (Lipinski definition) is 7. The molecule has 0 saturated heterocycles.